The molecule has 0 aliphatic heterocycles. The van der Waals surface area contributed by atoms with Gasteiger partial charge in [-0.2, -0.15) is 0 Å². The maximum Gasteiger partial charge on any atom is 0.407 e. The number of amides is 2. The fourth-order valence-electron chi connectivity index (χ4n) is 5.15. The van der Waals surface area contributed by atoms with Crippen LogP contribution in [0.15, 0.2) is 119 Å². The van der Waals surface area contributed by atoms with Crippen LogP contribution in [0.25, 0.3) is 32.6 Å². The normalized spacial score (nSPS) is 12.5. The van der Waals surface area contributed by atoms with Crippen molar-refractivity contribution in [1.82, 2.24) is 14.3 Å². The SMILES string of the molecule is CC(C)(C)OC(=O)NCC(C(=O)Nc1cc(-c2cn(S(=O)(=O)c3ccccc3)c3ncccc23)c(-c2ccoc2)s1)c1ccccc1. The fraction of sp³-hybridized carbons (Fsp3) is 0.171. The number of nitrogens with one attached hydrogen (secondary N) is 2. The summed E-state index contributed by atoms with van der Waals surface area (Å²) in [5, 5.41) is 6.90. The Bertz CT molecular complexity index is 2130. The van der Waals surface area contributed by atoms with Crippen LogP contribution in [-0.4, -0.2) is 41.5 Å². The number of thiophene rings is 1. The van der Waals surface area contributed by atoms with Gasteiger partial charge in [-0.3, -0.25) is 4.79 Å². The predicted octanol–water partition coefficient (Wildman–Crippen LogP) is 7.51. The number of aromatic nitrogens is 2. The Kier molecular flexibility index (Phi) is 8.71. The summed E-state index contributed by atoms with van der Waals surface area (Å²) in [6.07, 6.45) is 5.64. The topological polar surface area (TPSA) is 133 Å². The van der Waals surface area contributed by atoms with Crippen LogP contribution in [0.5, 0.6) is 0 Å². The van der Waals surface area contributed by atoms with Crippen LogP contribution in [0, 0.1) is 0 Å². The third-order valence-corrected chi connectivity index (χ3v) is 10.0. The summed E-state index contributed by atoms with van der Waals surface area (Å²) in [4.78, 5) is 31.6. The number of benzene rings is 2. The summed E-state index contributed by atoms with van der Waals surface area (Å²) in [5.74, 6) is -1.07. The van der Waals surface area contributed by atoms with Crippen LogP contribution >= 0.6 is 11.3 Å². The molecule has 4 aromatic heterocycles. The zero-order chi connectivity index (χ0) is 33.2. The Morgan fingerprint density at radius 1 is 0.979 bits per heavy atom. The molecule has 6 rings (SSSR count). The van der Waals surface area contributed by atoms with Gasteiger partial charge in [0, 0.05) is 45.9 Å². The lowest BCUT2D eigenvalue weighted by atomic mass is 9.98. The van der Waals surface area contributed by atoms with Gasteiger partial charge in [0.15, 0.2) is 5.65 Å². The molecule has 240 valence electrons. The highest BCUT2D eigenvalue weighted by Gasteiger charge is 2.27. The summed E-state index contributed by atoms with van der Waals surface area (Å²) in [5.41, 5.74) is 2.37. The number of anilines is 1. The number of hydrogen-bond donors (Lipinski definition) is 2. The quantitative estimate of drug-likeness (QED) is 0.163. The Balaban J connectivity index is 1.39. The minimum absolute atomic E-state index is 0.00802. The van der Waals surface area contributed by atoms with Crippen molar-refractivity contribution in [3.05, 3.63) is 115 Å². The Labute approximate surface area is 276 Å². The number of nitrogens with zero attached hydrogens (tertiary/aromatic N) is 2. The second-order valence-electron chi connectivity index (χ2n) is 11.7. The molecule has 47 heavy (non-hydrogen) atoms. The Morgan fingerprint density at radius 2 is 1.70 bits per heavy atom. The molecule has 4 heterocycles. The summed E-state index contributed by atoms with van der Waals surface area (Å²) in [6.45, 7) is 5.31. The van der Waals surface area contributed by atoms with E-state index in [1.807, 2.05) is 42.5 Å². The monoisotopic (exact) mass is 668 g/mol. The number of rotatable bonds is 9. The third-order valence-electron chi connectivity index (χ3n) is 7.25. The summed E-state index contributed by atoms with van der Waals surface area (Å²) in [7, 11) is -3.97. The van der Waals surface area contributed by atoms with E-state index in [9.17, 15) is 18.0 Å². The molecule has 12 heteroatoms. The molecule has 0 spiro atoms. The van der Waals surface area contributed by atoms with E-state index >= 15 is 0 Å². The van der Waals surface area contributed by atoms with Crippen LogP contribution in [0.3, 0.4) is 0 Å². The number of fused-ring (bicyclic) bond motifs is 1. The van der Waals surface area contributed by atoms with E-state index in [0.717, 1.165) is 10.4 Å². The van der Waals surface area contributed by atoms with Gasteiger partial charge < -0.3 is 19.8 Å². The lowest BCUT2D eigenvalue weighted by Crippen LogP contribution is -2.37. The van der Waals surface area contributed by atoms with Gasteiger partial charge in [0.2, 0.25) is 5.91 Å². The van der Waals surface area contributed by atoms with Crippen LogP contribution in [0.1, 0.15) is 32.3 Å². The van der Waals surface area contributed by atoms with Crippen molar-refractivity contribution in [1.29, 1.82) is 0 Å². The maximum absolute atomic E-state index is 13.9. The van der Waals surface area contributed by atoms with E-state index in [-0.39, 0.29) is 23.0 Å². The molecule has 0 fully saturated rings. The van der Waals surface area contributed by atoms with E-state index in [1.54, 1.807) is 88.2 Å². The molecule has 0 aliphatic rings. The predicted molar refractivity (Wildman–Crippen MR) is 182 cm³/mol. The molecule has 2 amide bonds. The minimum Gasteiger partial charge on any atom is -0.472 e. The van der Waals surface area contributed by atoms with Crippen LogP contribution in [0.4, 0.5) is 9.80 Å². The van der Waals surface area contributed by atoms with Crippen LogP contribution in [0.2, 0.25) is 0 Å². The van der Waals surface area contributed by atoms with Gasteiger partial charge in [-0.15, -0.1) is 11.3 Å². The zero-order valence-electron chi connectivity index (χ0n) is 25.8. The van der Waals surface area contributed by atoms with Gasteiger partial charge in [-0.25, -0.2) is 22.2 Å². The average Bonchev–Trinajstić information content (AvgIpc) is 3.80. The Hall–Kier alpha value is -5.20. The molecule has 2 aromatic carbocycles. The molecule has 0 radical (unpaired) electrons. The highest BCUT2D eigenvalue weighted by atomic mass is 32.2. The van der Waals surface area contributed by atoms with Crippen molar-refractivity contribution < 1.29 is 27.2 Å². The number of ether oxygens (including phenoxy) is 1. The molecule has 6 aromatic rings. The van der Waals surface area contributed by atoms with Crippen molar-refractivity contribution >= 4 is 49.4 Å². The largest absolute Gasteiger partial charge is 0.472 e. The van der Waals surface area contributed by atoms with Gasteiger partial charge in [-0.05, 0) is 62.7 Å². The van der Waals surface area contributed by atoms with Crippen molar-refractivity contribution in [3.63, 3.8) is 0 Å². The number of hydrogen-bond acceptors (Lipinski definition) is 8. The summed E-state index contributed by atoms with van der Waals surface area (Å²) < 4.78 is 39.5. The summed E-state index contributed by atoms with van der Waals surface area (Å²) >= 11 is 1.32. The Morgan fingerprint density at radius 3 is 2.38 bits per heavy atom. The smallest absolute Gasteiger partial charge is 0.407 e. The minimum atomic E-state index is -3.97. The molecule has 0 aliphatic carbocycles. The number of alkyl carbamates (subject to hydrolysis) is 1. The molecule has 10 nitrogen and oxygen atoms in total. The molecule has 2 N–H and O–H groups in total. The first-order valence-electron chi connectivity index (χ1n) is 14.8. The molecular weight excluding hydrogens is 637 g/mol. The first-order valence-corrected chi connectivity index (χ1v) is 17.0. The molecule has 0 saturated carbocycles. The van der Waals surface area contributed by atoms with Gasteiger partial charge in [0.05, 0.1) is 28.3 Å². The molecule has 1 unspecified atom stereocenters. The van der Waals surface area contributed by atoms with E-state index in [1.165, 1.54) is 15.3 Å². The number of carbonyl (C=O) groups excluding carboxylic acids is 2. The van der Waals surface area contributed by atoms with Gasteiger partial charge >= 0.3 is 6.09 Å². The first kappa shape index (κ1) is 31.8. The highest BCUT2D eigenvalue weighted by molar-refractivity contribution is 7.90. The lowest BCUT2D eigenvalue weighted by molar-refractivity contribution is -0.117. The third kappa shape index (κ3) is 6.83. The molecule has 1 atom stereocenters. The second-order valence-corrected chi connectivity index (χ2v) is 14.6. The van der Waals surface area contributed by atoms with E-state index in [2.05, 4.69) is 15.6 Å². The van der Waals surface area contributed by atoms with Crippen LogP contribution in [-0.2, 0) is 19.6 Å². The number of carbonyl (C=O) groups is 2. The number of pyridine rings is 1. The van der Waals surface area contributed by atoms with Gasteiger partial charge in [0.1, 0.15) is 5.60 Å². The van der Waals surface area contributed by atoms with Gasteiger partial charge in [-0.1, -0.05) is 48.5 Å². The van der Waals surface area contributed by atoms with Gasteiger partial charge in [0.25, 0.3) is 10.0 Å². The molecule has 0 bridgehead atoms. The average molecular weight is 669 g/mol. The standard InChI is InChI=1S/C35H32N4O6S2/c1-35(2,3)45-34(41)37-20-28(23-11-6-4-7-12-23)33(40)38-30-19-27(31(46-30)24-16-18-44-22-24)29-21-39(32-26(29)15-10-17-36-32)47(42,43)25-13-8-5-9-14-25/h4-19,21-22,28H,20H2,1-3H3,(H,37,41)(H,38,40). The summed E-state index contributed by atoms with van der Waals surface area (Å²) in [6, 6.07) is 24.5. The maximum atomic E-state index is 13.9. The van der Waals surface area contributed by atoms with E-state index in [4.69, 9.17) is 9.15 Å². The van der Waals surface area contributed by atoms with Crippen molar-refractivity contribution in [2.45, 2.75) is 37.2 Å². The van der Waals surface area contributed by atoms with Crippen molar-refractivity contribution in [2.75, 3.05) is 11.9 Å². The number of furan rings is 1. The highest BCUT2D eigenvalue weighted by Crippen LogP contribution is 2.45. The van der Waals surface area contributed by atoms with E-state index in [0.29, 0.717) is 27.1 Å². The lowest BCUT2D eigenvalue weighted by Gasteiger charge is -2.22. The molecule has 0 saturated heterocycles. The fourth-order valence-corrected chi connectivity index (χ4v) is 7.56. The van der Waals surface area contributed by atoms with Crippen LogP contribution < -0.4 is 10.6 Å². The van der Waals surface area contributed by atoms with Crippen molar-refractivity contribution in [3.8, 4) is 21.6 Å². The molecular formula is C35H32N4O6S2. The van der Waals surface area contributed by atoms with E-state index < -0.39 is 27.6 Å². The second kappa shape index (κ2) is 12.9. The van der Waals surface area contributed by atoms with Crippen molar-refractivity contribution in [2.24, 2.45) is 0 Å². The first-order chi connectivity index (χ1) is 22.5. The zero-order valence-corrected chi connectivity index (χ0v) is 27.5.